The maximum atomic E-state index is 12.0. The lowest BCUT2D eigenvalue weighted by molar-refractivity contribution is -0.139. The molecule has 2 aromatic rings. The number of amides is 1. The number of alkyl carbamates (subject to hydrolysis) is 1. The zero-order valence-electron chi connectivity index (χ0n) is 16.0. The lowest BCUT2D eigenvalue weighted by atomic mass is 10.1. The van der Waals surface area contributed by atoms with Crippen molar-refractivity contribution in [3.63, 3.8) is 0 Å². The van der Waals surface area contributed by atoms with Gasteiger partial charge in [-0.15, -0.1) is 0 Å². The zero-order valence-corrected chi connectivity index (χ0v) is 16.0. The van der Waals surface area contributed by atoms with Crippen LogP contribution in [0, 0.1) is 0 Å². The van der Waals surface area contributed by atoms with Crippen LogP contribution in [0.25, 0.3) is 0 Å². The molecule has 0 aliphatic carbocycles. The molecular weight excluding hydrogens is 364 g/mol. The van der Waals surface area contributed by atoms with Gasteiger partial charge in [0.1, 0.15) is 18.2 Å². The number of rotatable bonds is 6. The number of carbonyl (C=O) groups excluding carboxylic acids is 2. The van der Waals surface area contributed by atoms with Crippen molar-refractivity contribution in [2.75, 3.05) is 0 Å². The average molecular weight is 388 g/mol. The van der Waals surface area contributed by atoms with Gasteiger partial charge in [-0.3, -0.25) is 4.57 Å². The first-order valence-corrected chi connectivity index (χ1v) is 8.74. The molecule has 2 rings (SSSR count). The van der Waals surface area contributed by atoms with E-state index in [1.807, 2.05) is 18.2 Å². The Kier molecular flexibility index (Phi) is 6.81. The van der Waals surface area contributed by atoms with Gasteiger partial charge in [0.2, 0.25) is 0 Å². The first kappa shape index (κ1) is 21.0. The molecule has 8 nitrogen and oxygen atoms in total. The second kappa shape index (κ2) is 9.07. The van der Waals surface area contributed by atoms with E-state index in [1.165, 1.54) is 17.0 Å². The van der Waals surface area contributed by atoms with Crippen molar-refractivity contribution < 1.29 is 29.0 Å². The summed E-state index contributed by atoms with van der Waals surface area (Å²) in [6.45, 7) is 5.29. The van der Waals surface area contributed by atoms with Crippen molar-refractivity contribution in [2.24, 2.45) is 0 Å². The van der Waals surface area contributed by atoms with Gasteiger partial charge in [0.15, 0.2) is 0 Å². The normalized spacial score (nSPS) is 12.1. The number of hydrogen-bond acceptors (Lipinski definition) is 5. The van der Waals surface area contributed by atoms with Gasteiger partial charge in [-0.25, -0.2) is 14.4 Å². The number of hydrogen-bond donors (Lipinski definition) is 2. The maximum Gasteiger partial charge on any atom is 0.418 e. The monoisotopic (exact) mass is 388 g/mol. The summed E-state index contributed by atoms with van der Waals surface area (Å²) in [7, 11) is 0. The Morgan fingerprint density at radius 3 is 2.39 bits per heavy atom. The highest BCUT2D eigenvalue weighted by atomic mass is 16.6. The molecule has 1 aromatic heterocycles. The second-order valence-electron chi connectivity index (χ2n) is 7.21. The highest BCUT2D eigenvalue weighted by Crippen LogP contribution is 2.12. The molecule has 1 aromatic carbocycles. The van der Waals surface area contributed by atoms with Gasteiger partial charge in [-0.05, 0) is 38.0 Å². The van der Waals surface area contributed by atoms with Gasteiger partial charge >= 0.3 is 18.2 Å². The molecule has 0 unspecified atom stereocenters. The van der Waals surface area contributed by atoms with Gasteiger partial charge < -0.3 is 19.9 Å². The Morgan fingerprint density at radius 1 is 1.11 bits per heavy atom. The lowest BCUT2D eigenvalue weighted by Gasteiger charge is -2.19. The molecule has 0 fully saturated rings. The molecule has 0 aliphatic rings. The number of nitrogens with zero attached hydrogens (tertiary/aromatic N) is 1. The fourth-order valence-electron chi connectivity index (χ4n) is 2.33. The molecule has 150 valence electrons. The van der Waals surface area contributed by atoms with Crippen LogP contribution < -0.4 is 5.32 Å². The van der Waals surface area contributed by atoms with Crippen LogP contribution in [-0.2, 0) is 27.3 Å². The van der Waals surface area contributed by atoms with Crippen molar-refractivity contribution in [3.05, 3.63) is 59.9 Å². The standard InChI is InChI=1S/C20H24N2O6/c1-20(2,3)28-19(26)22-10-9-15(12-22)11-16(17(23)24)21-18(25)27-13-14-7-5-4-6-8-14/h4-10,12,16H,11,13H2,1-3H3,(H,21,25)(H,23,24)/t16-/m0/s1. The summed E-state index contributed by atoms with van der Waals surface area (Å²) in [4.78, 5) is 35.4. The third-order valence-electron chi connectivity index (χ3n) is 3.60. The summed E-state index contributed by atoms with van der Waals surface area (Å²) in [5.74, 6) is -1.21. The van der Waals surface area contributed by atoms with E-state index in [0.29, 0.717) is 5.56 Å². The van der Waals surface area contributed by atoms with E-state index < -0.39 is 29.8 Å². The Bertz CT molecular complexity index is 823. The minimum Gasteiger partial charge on any atom is -0.480 e. The van der Waals surface area contributed by atoms with Crippen LogP contribution in [0.2, 0.25) is 0 Å². The summed E-state index contributed by atoms with van der Waals surface area (Å²) >= 11 is 0. The molecule has 1 atom stereocenters. The largest absolute Gasteiger partial charge is 0.480 e. The smallest absolute Gasteiger partial charge is 0.418 e. The molecule has 0 saturated heterocycles. The summed E-state index contributed by atoms with van der Waals surface area (Å²) < 4.78 is 11.5. The molecule has 0 radical (unpaired) electrons. The van der Waals surface area contributed by atoms with Crippen molar-refractivity contribution in [1.29, 1.82) is 0 Å². The first-order valence-electron chi connectivity index (χ1n) is 8.74. The van der Waals surface area contributed by atoms with Gasteiger partial charge in [0.05, 0.1) is 0 Å². The van der Waals surface area contributed by atoms with Crippen molar-refractivity contribution >= 4 is 18.2 Å². The van der Waals surface area contributed by atoms with Gasteiger partial charge in [0.25, 0.3) is 0 Å². The van der Waals surface area contributed by atoms with E-state index in [1.54, 1.807) is 39.0 Å². The number of carbonyl (C=O) groups is 3. The third kappa shape index (κ3) is 6.79. The summed E-state index contributed by atoms with van der Waals surface area (Å²) in [6, 6.07) is 9.45. The predicted octanol–water partition coefficient (Wildman–Crippen LogP) is 3.19. The van der Waals surface area contributed by atoms with E-state index in [-0.39, 0.29) is 13.0 Å². The number of ether oxygens (including phenoxy) is 2. The molecular formula is C20H24N2O6. The summed E-state index contributed by atoms with van der Waals surface area (Å²) in [5.41, 5.74) is 0.704. The molecule has 28 heavy (non-hydrogen) atoms. The topological polar surface area (TPSA) is 107 Å². The number of aromatic nitrogens is 1. The SMILES string of the molecule is CC(C)(C)OC(=O)n1ccc(C[C@H](NC(=O)OCc2ccccc2)C(=O)O)c1. The molecule has 2 N–H and O–H groups in total. The van der Waals surface area contributed by atoms with E-state index in [9.17, 15) is 19.5 Å². The minimum atomic E-state index is -1.21. The van der Waals surface area contributed by atoms with Gasteiger partial charge in [-0.2, -0.15) is 0 Å². The van der Waals surface area contributed by atoms with Crippen LogP contribution in [0.4, 0.5) is 9.59 Å². The van der Waals surface area contributed by atoms with Gasteiger partial charge in [-0.1, -0.05) is 30.3 Å². The van der Waals surface area contributed by atoms with Crippen LogP contribution in [-0.4, -0.2) is 39.5 Å². The number of carboxylic acids is 1. The highest BCUT2D eigenvalue weighted by Gasteiger charge is 2.23. The lowest BCUT2D eigenvalue weighted by Crippen LogP contribution is -2.42. The van der Waals surface area contributed by atoms with Crippen LogP contribution in [0.15, 0.2) is 48.8 Å². The minimum absolute atomic E-state index is 0.00836. The quantitative estimate of drug-likeness (QED) is 0.787. The molecule has 8 heteroatoms. The van der Waals surface area contributed by atoms with Crippen LogP contribution >= 0.6 is 0 Å². The number of aliphatic carboxylic acids is 1. The van der Waals surface area contributed by atoms with Crippen LogP contribution in [0.3, 0.4) is 0 Å². The fraction of sp³-hybridized carbons (Fsp3) is 0.350. The van der Waals surface area contributed by atoms with E-state index >= 15 is 0 Å². The summed E-state index contributed by atoms with van der Waals surface area (Å²) in [5, 5.41) is 11.7. The number of carboxylic acid groups (broad SMARTS) is 1. The second-order valence-corrected chi connectivity index (χ2v) is 7.21. The molecule has 0 bridgehead atoms. The van der Waals surface area contributed by atoms with Gasteiger partial charge in [0, 0.05) is 18.8 Å². The van der Waals surface area contributed by atoms with Crippen LogP contribution in [0.1, 0.15) is 31.9 Å². The Morgan fingerprint density at radius 2 is 1.79 bits per heavy atom. The average Bonchev–Trinajstić information content (AvgIpc) is 3.07. The van der Waals surface area contributed by atoms with E-state index in [2.05, 4.69) is 5.32 Å². The zero-order chi connectivity index (χ0) is 20.7. The molecule has 0 aliphatic heterocycles. The molecule has 1 heterocycles. The fourth-order valence-corrected chi connectivity index (χ4v) is 2.33. The van der Waals surface area contributed by atoms with Crippen molar-refractivity contribution in [2.45, 2.75) is 45.4 Å². The van der Waals surface area contributed by atoms with E-state index in [4.69, 9.17) is 9.47 Å². The number of nitrogens with one attached hydrogen (secondary N) is 1. The molecule has 1 amide bonds. The maximum absolute atomic E-state index is 12.0. The molecule has 0 spiro atoms. The van der Waals surface area contributed by atoms with Crippen LogP contribution in [0.5, 0.6) is 0 Å². The molecule has 0 saturated carbocycles. The first-order chi connectivity index (χ1) is 13.1. The van der Waals surface area contributed by atoms with E-state index in [0.717, 1.165) is 5.56 Å². The Labute approximate surface area is 163 Å². The Hall–Kier alpha value is -3.29. The predicted molar refractivity (Wildman–Crippen MR) is 101 cm³/mol. The highest BCUT2D eigenvalue weighted by molar-refractivity contribution is 5.80. The van der Waals surface area contributed by atoms with Crippen molar-refractivity contribution in [1.82, 2.24) is 9.88 Å². The Balaban J connectivity index is 1.93. The summed E-state index contributed by atoms with van der Waals surface area (Å²) in [6.07, 6.45) is 1.55. The van der Waals surface area contributed by atoms with Crippen molar-refractivity contribution in [3.8, 4) is 0 Å². The number of benzene rings is 1. The third-order valence-corrected chi connectivity index (χ3v) is 3.60.